The van der Waals surface area contributed by atoms with Crippen LogP contribution in [0.4, 0.5) is 5.95 Å². The van der Waals surface area contributed by atoms with E-state index >= 15 is 0 Å². The van der Waals surface area contributed by atoms with Gasteiger partial charge in [0, 0.05) is 45.0 Å². The molecule has 2 N–H and O–H groups in total. The first-order valence-corrected chi connectivity index (χ1v) is 10.6. The highest BCUT2D eigenvalue weighted by Crippen LogP contribution is 2.33. The molecule has 0 aliphatic carbocycles. The Morgan fingerprint density at radius 2 is 2.00 bits per heavy atom. The summed E-state index contributed by atoms with van der Waals surface area (Å²) >= 11 is 0. The number of aromatic nitrogens is 2. The van der Waals surface area contributed by atoms with Gasteiger partial charge in [-0.1, -0.05) is 0 Å². The molecule has 1 aromatic carbocycles. The Balaban J connectivity index is 1.46. The highest BCUT2D eigenvalue weighted by Gasteiger charge is 2.20. The van der Waals surface area contributed by atoms with Gasteiger partial charge in [0.05, 0.1) is 18.1 Å². The van der Waals surface area contributed by atoms with E-state index in [-0.39, 0.29) is 6.61 Å². The van der Waals surface area contributed by atoms with E-state index in [1.165, 1.54) is 12.8 Å². The molecule has 0 amide bonds. The third kappa shape index (κ3) is 4.76. The normalized spacial score (nSPS) is 19.6. The van der Waals surface area contributed by atoms with Crippen LogP contribution >= 0.6 is 0 Å². The first-order valence-electron chi connectivity index (χ1n) is 10.6. The summed E-state index contributed by atoms with van der Waals surface area (Å²) in [6, 6.07) is 4.21. The zero-order chi connectivity index (χ0) is 20.2. The summed E-state index contributed by atoms with van der Waals surface area (Å²) < 4.78 is 18.9. The third-order valence-corrected chi connectivity index (χ3v) is 5.82. The Hall–Kier alpha value is -2.03. The number of nitrogens with zero attached hydrogens (tertiary/aromatic N) is 3. The number of benzene rings is 1. The highest BCUT2D eigenvalue weighted by molar-refractivity contribution is 5.82. The number of β-amino-alcohol motifs (C(OH)–C–C–N with tert-alkyl or cyclic N) is 1. The lowest BCUT2D eigenvalue weighted by Gasteiger charge is -2.23. The minimum atomic E-state index is -0.525. The lowest BCUT2D eigenvalue weighted by atomic mass is 10.1. The van der Waals surface area contributed by atoms with E-state index in [4.69, 9.17) is 19.2 Å². The van der Waals surface area contributed by atoms with Crippen LogP contribution in [0.25, 0.3) is 11.0 Å². The zero-order valence-corrected chi connectivity index (χ0v) is 17.4. The van der Waals surface area contributed by atoms with Crippen molar-refractivity contribution in [2.24, 2.45) is 7.05 Å². The topological polar surface area (TPSA) is 81.0 Å². The van der Waals surface area contributed by atoms with Crippen molar-refractivity contribution >= 4 is 17.0 Å². The van der Waals surface area contributed by atoms with Crippen molar-refractivity contribution in [2.45, 2.75) is 37.8 Å². The van der Waals surface area contributed by atoms with Crippen LogP contribution < -0.4 is 14.8 Å². The lowest BCUT2D eigenvalue weighted by Crippen LogP contribution is -2.33. The minimum absolute atomic E-state index is 0.235. The Labute approximate surface area is 171 Å². The molecule has 3 heterocycles. The molecule has 8 heteroatoms. The van der Waals surface area contributed by atoms with Gasteiger partial charge in [0.2, 0.25) is 5.95 Å². The average molecular weight is 405 g/mol. The van der Waals surface area contributed by atoms with Gasteiger partial charge in [-0.2, -0.15) is 0 Å². The number of rotatable bonds is 8. The fourth-order valence-corrected chi connectivity index (χ4v) is 4.13. The molecule has 2 aromatic rings. The summed E-state index contributed by atoms with van der Waals surface area (Å²) in [4.78, 5) is 7.04. The molecule has 0 unspecified atom stereocenters. The summed E-state index contributed by atoms with van der Waals surface area (Å²) in [6.07, 6.45) is 3.86. The van der Waals surface area contributed by atoms with Crippen molar-refractivity contribution < 1.29 is 19.3 Å². The maximum atomic E-state index is 10.3. The number of nitrogens with one attached hydrogen (secondary N) is 1. The molecule has 0 radical (unpaired) electrons. The van der Waals surface area contributed by atoms with Crippen molar-refractivity contribution in [3.63, 3.8) is 0 Å². The smallest absolute Gasteiger partial charge is 0.203 e. The minimum Gasteiger partial charge on any atom is -0.493 e. The molecular weight excluding hydrogens is 372 g/mol. The molecule has 1 atom stereocenters. The molecule has 0 bridgehead atoms. The van der Waals surface area contributed by atoms with Crippen LogP contribution in [0.5, 0.6) is 11.5 Å². The van der Waals surface area contributed by atoms with Gasteiger partial charge in [-0.05, 0) is 38.8 Å². The molecule has 29 heavy (non-hydrogen) atoms. The molecule has 0 spiro atoms. The second-order valence-corrected chi connectivity index (χ2v) is 7.99. The maximum absolute atomic E-state index is 10.3. The van der Waals surface area contributed by atoms with Gasteiger partial charge in [0.1, 0.15) is 12.7 Å². The summed E-state index contributed by atoms with van der Waals surface area (Å²) in [5.41, 5.74) is 1.81. The summed E-state index contributed by atoms with van der Waals surface area (Å²) in [6.45, 7) is 4.57. The van der Waals surface area contributed by atoms with Crippen molar-refractivity contribution in [2.75, 3.05) is 51.9 Å². The number of aryl methyl sites for hydroxylation is 1. The van der Waals surface area contributed by atoms with E-state index in [0.29, 0.717) is 24.1 Å². The molecule has 0 saturated carbocycles. The van der Waals surface area contributed by atoms with Crippen LogP contribution in [-0.4, -0.2) is 78.3 Å². The Kier molecular flexibility index (Phi) is 6.42. The van der Waals surface area contributed by atoms with Gasteiger partial charge in [-0.15, -0.1) is 0 Å². The standard InChI is InChI=1S/C21H32N4O4/c1-24-18-12-19(27-2)20(29-14-16(26)13-25-7-3-4-8-25)11-17(18)23-21(24)22-15-5-9-28-10-6-15/h11-12,15-16,26H,3-10,13-14H2,1-2H3,(H,22,23)/t16-/m1/s1. The monoisotopic (exact) mass is 404 g/mol. The summed E-state index contributed by atoms with van der Waals surface area (Å²) in [7, 11) is 3.63. The van der Waals surface area contributed by atoms with Crippen LogP contribution in [-0.2, 0) is 11.8 Å². The molecular formula is C21H32N4O4. The zero-order valence-electron chi connectivity index (χ0n) is 17.4. The van der Waals surface area contributed by atoms with E-state index in [0.717, 1.165) is 56.1 Å². The van der Waals surface area contributed by atoms with Crippen molar-refractivity contribution in [1.29, 1.82) is 0 Å². The first-order chi connectivity index (χ1) is 14.1. The van der Waals surface area contributed by atoms with Crippen LogP contribution in [0.1, 0.15) is 25.7 Å². The SMILES string of the molecule is COc1cc2c(cc1OC[C@H](O)CN1CCCC1)nc(NC1CCOCC1)n2C. The fourth-order valence-electron chi connectivity index (χ4n) is 4.13. The lowest BCUT2D eigenvalue weighted by molar-refractivity contribution is 0.0747. The van der Waals surface area contributed by atoms with Crippen LogP contribution in [0.3, 0.4) is 0 Å². The average Bonchev–Trinajstić information content (AvgIpc) is 3.34. The predicted octanol–water partition coefficient (Wildman–Crippen LogP) is 2.01. The predicted molar refractivity (Wildman–Crippen MR) is 112 cm³/mol. The number of methoxy groups -OCH3 is 1. The number of imidazole rings is 1. The number of anilines is 1. The van der Waals surface area contributed by atoms with Gasteiger partial charge in [0.25, 0.3) is 0 Å². The molecule has 2 fully saturated rings. The second kappa shape index (κ2) is 9.19. The van der Waals surface area contributed by atoms with Crippen molar-refractivity contribution in [3.8, 4) is 11.5 Å². The maximum Gasteiger partial charge on any atom is 0.203 e. The quantitative estimate of drug-likeness (QED) is 0.697. The highest BCUT2D eigenvalue weighted by atomic mass is 16.5. The third-order valence-electron chi connectivity index (χ3n) is 5.82. The van der Waals surface area contributed by atoms with Gasteiger partial charge >= 0.3 is 0 Å². The number of hydrogen-bond acceptors (Lipinski definition) is 7. The molecule has 160 valence electrons. The van der Waals surface area contributed by atoms with E-state index in [1.54, 1.807) is 7.11 Å². The molecule has 4 rings (SSSR count). The largest absolute Gasteiger partial charge is 0.493 e. The first kappa shape index (κ1) is 20.3. The van der Waals surface area contributed by atoms with Gasteiger partial charge < -0.3 is 34.1 Å². The molecule has 2 aliphatic heterocycles. The Morgan fingerprint density at radius 1 is 1.24 bits per heavy atom. The van der Waals surface area contributed by atoms with Gasteiger partial charge in [-0.3, -0.25) is 0 Å². The van der Waals surface area contributed by atoms with Crippen LogP contribution in [0.15, 0.2) is 12.1 Å². The van der Waals surface area contributed by atoms with Crippen molar-refractivity contribution in [1.82, 2.24) is 14.5 Å². The van der Waals surface area contributed by atoms with Gasteiger partial charge in [-0.25, -0.2) is 4.98 Å². The van der Waals surface area contributed by atoms with Crippen molar-refractivity contribution in [3.05, 3.63) is 12.1 Å². The van der Waals surface area contributed by atoms with E-state index < -0.39 is 6.10 Å². The number of ether oxygens (including phenoxy) is 3. The summed E-state index contributed by atoms with van der Waals surface area (Å²) in [5, 5.41) is 13.9. The Bertz CT molecular complexity index is 813. The Morgan fingerprint density at radius 3 is 2.72 bits per heavy atom. The number of aliphatic hydroxyl groups is 1. The van der Waals surface area contributed by atoms with Crippen LogP contribution in [0, 0.1) is 0 Å². The molecule has 2 aliphatic rings. The molecule has 1 aromatic heterocycles. The van der Waals surface area contributed by atoms with Crippen LogP contribution in [0.2, 0.25) is 0 Å². The summed E-state index contributed by atoms with van der Waals surface area (Å²) in [5.74, 6) is 2.09. The van der Waals surface area contributed by atoms with E-state index in [9.17, 15) is 5.11 Å². The molecule has 8 nitrogen and oxygen atoms in total. The second-order valence-electron chi connectivity index (χ2n) is 7.99. The number of likely N-dealkylation sites (tertiary alicyclic amines) is 1. The van der Waals surface area contributed by atoms with E-state index in [1.807, 2.05) is 23.7 Å². The van der Waals surface area contributed by atoms with Gasteiger partial charge in [0.15, 0.2) is 11.5 Å². The van der Waals surface area contributed by atoms with E-state index in [2.05, 4.69) is 10.2 Å². The number of fused-ring (bicyclic) bond motifs is 1. The number of hydrogen-bond donors (Lipinski definition) is 2. The molecule has 2 saturated heterocycles. The fraction of sp³-hybridized carbons (Fsp3) is 0.667. The number of aliphatic hydroxyl groups excluding tert-OH is 1.